The third kappa shape index (κ3) is 4.50. The molecule has 1 saturated carbocycles. The predicted octanol–water partition coefficient (Wildman–Crippen LogP) is 4.48. The molecule has 2 atom stereocenters. The number of primary amides is 1. The number of carbonyl (C=O) groups is 2. The topological polar surface area (TPSA) is 93.7 Å². The Hall–Kier alpha value is -3.65. The number of carbonyl (C=O) groups excluding carboxylic acids is 2. The molecule has 0 bridgehead atoms. The molecule has 2 fully saturated rings. The van der Waals surface area contributed by atoms with Crippen molar-refractivity contribution in [3.63, 3.8) is 0 Å². The lowest BCUT2D eigenvalue weighted by Crippen LogP contribution is -2.39. The van der Waals surface area contributed by atoms with Crippen LogP contribution in [0.5, 0.6) is 5.75 Å². The van der Waals surface area contributed by atoms with Crippen molar-refractivity contribution in [3.8, 4) is 11.4 Å². The van der Waals surface area contributed by atoms with Crippen molar-refractivity contribution < 1.29 is 14.3 Å². The van der Waals surface area contributed by atoms with E-state index in [0.717, 1.165) is 12.2 Å². The maximum atomic E-state index is 13.9. The first-order chi connectivity index (χ1) is 18.8. The quantitative estimate of drug-likeness (QED) is 0.466. The third-order valence-electron chi connectivity index (χ3n) is 9.20. The molecule has 1 aromatic heterocycles. The first-order valence-corrected chi connectivity index (χ1v) is 14.1. The molecule has 3 heterocycles. The molecule has 0 radical (unpaired) electrons. The molecule has 2 amide bonds. The van der Waals surface area contributed by atoms with Crippen LogP contribution < -0.4 is 15.4 Å². The normalized spacial score (nSPS) is 22.1. The van der Waals surface area contributed by atoms with Gasteiger partial charge in [0.2, 0.25) is 0 Å². The summed E-state index contributed by atoms with van der Waals surface area (Å²) < 4.78 is 6.80. The number of likely N-dealkylation sites (tertiary alicyclic amines) is 1. The van der Waals surface area contributed by atoms with Gasteiger partial charge in [-0.3, -0.25) is 14.5 Å². The number of rotatable bonds is 8. The van der Waals surface area contributed by atoms with Gasteiger partial charge in [0, 0.05) is 29.9 Å². The van der Waals surface area contributed by atoms with Gasteiger partial charge in [-0.2, -0.15) is 5.10 Å². The predicted molar refractivity (Wildman–Crippen MR) is 151 cm³/mol. The molecule has 3 aliphatic rings. The van der Waals surface area contributed by atoms with Crippen LogP contribution in [0.2, 0.25) is 0 Å². The van der Waals surface area contributed by atoms with E-state index in [1.54, 1.807) is 24.1 Å². The van der Waals surface area contributed by atoms with Gasteiger partial charge in [0.1, 0.15) is 11.4 Å². The second-order valence-electron chi connectivity index (χ2n) is 11.4. The third-order valence-corrected chi connectivity index (χ3v) is 9.20. The van der Waals surface area contributed by atoms with Crippen LogP contribution in [0.1, 0.15) is 78.1 Å². The minimum atomic E-state index is -0.628. The molecular formula is C31H37N5O3. The SMILES string of the molecule is COc1ccc(-n2nc(C(N)=O)c3c2C(=O)N(c2ccc(C4(CCN5C(C)CCC5C)CC4)cc2)CC3)cc1. The zero-order valence-corrected chi connectivity index (χ0v) is 23.0. The Morgan fingerprint density at radius 2 is 1.67 bits per heavy atom. The smallest absolute Gasteiger partial charge is 0.277 e. The van der Waals surface area contributed by atoms with Gasteiger partial charge in [0.05, 0.1) is 12.8 Å². The fourth-order valence-corrected chi connectivity index (χ4v) is 6.58. The largest absolute Gasteiger partial charge is 0.497 e. The van der Waals surface area contributed by atoms with Crippen molar-refractivity contribution in [2.45, 2.75) is 69.9 Å². The highest BCUT2D eigenvalue weighted by molar-refractivity contribution is 6.09. The summed E-state index contributed by atoms with van der Waals surface area (Å²) in [5.41, 5.74) is 9.96. The Morgan fingerprint density at radius 1 is 1.03 bits per heavy atom. The minimum Gasteiger partial charge on any atom is -0.497 e. The van der Waals surface area contributed by atoms with Crippen molar-refractivity contribution in [2.75, 3.05) is 25.1 Å². The van der Waals surface area contributed by atoms with Gasteiger partial charge in [0.25, 0.3) is 11.8 Å². The number of methoxy groups -OCH3 is 1. The van der Waals surface area contributed by atoms with Crippen molar-refractivity contribution in [1.82, 2.24) is 14.7 Å². The number of fused-ring (bicyclic) bond motifs is 1. The van der Waals surface area contributed by atoms with E-state index in [1.165, 1.54) is 42.3 Å². The van der Waals surface area contributed by atoms with E-state index in [1.807, 2.05) is 12.1 Å². The van der Waals surface area contributed by atoms with Gasteiger partial charge < -0.3 is 15.4 Å². The standard InChI is InChI=1S/C31H37N5O3/c1-20-4-5-21(2)34(20)19-17-31(15-16-31)22-6-8-23(9-7-22)35-18-14-26-27(29(32)37)33-36(28(26)30(35)38)24-10-12-25(39-3)13-11-24/h6-13,20-21H,4-5,14-19H2,1-3H3,(H2,32,37). The summed E-state index contributed by atoms with van der Waals surface area (Å²) in [6, 6.07) is 17.1. The van der Waals surface area contributed by atoms with Gasteiger partial charge in [-0.1, -0.05) is 12.1 Å². The average molecular weight is 528 g/mol. The fourth-order valence-electron chi connectivity index (χ4n) is 6.58. The zero-order chi connectivity index (χ0) is 27.3. The molecule has 2 unspecified atom stereocenters. The number of ether oxygens (including phenoxy) is 1. The average Bonchev–Trinajstić information content (AvgIpc) is 3.52. The summed E-state index contributed by atoms with van der Waals surface area (Å²) in [6.07, 6.45) is 6.74. The van der Waals surface area contributed by atoms with Crippen molar-refractivity contribution >= 4 is 17.5 Å². The maximum Gasteiger partial charge on any atom is 0.277 e. The van der Waals surface area contributed by atoms with Crippen LogP contribution in [-0.2, 0) is 11.8 Å². The molecule has 1 saturated heterocycles. The van der Waals surface area contributed by atoms with Gasteiger partial charge in [-0.05, 0) is 106 Å². The Labute approximate surface area is 229 Å². The van der Waals surface area contributed by atoms with Crippen LogP contribution >= 0.6 is 0 Å². The highest BCUT2D eigenvalue weighted by Crippen LogP contribution is 2.51. The van der Waals surface area contributed by atoms with Crippen molar-refractivity contribution in [3.05, 3.63) is 71.0 Å². The summed E-state index contributed by atoms with van der Waals surface area (Å²) in [6.45, 7) is 6.32. The van der Waals surface area contributed by atoms with Crippen LogP contribution in [-0.4, -0.2) is 58.8 Å². The number of hydrogen-bond acceptors (Lipinski definition) is 5. The van der Waals surface area contributed by atoms with E-state index >= 15 is 0 Å². The molecule has 2 aromatic carbocycles. The lowest BCUT2D eigenvalue weighted by Gasteiger charge is -2.29. The van der Waals surface area contributed by atoms with Crippen LogP contribution in [0, 0.1) is 0 Å². The van der Waals surface area contributed by atoms with E-state index in [4.69, 9.17) is 10.5 Å². The van der Waals surface area contributed by atoms with E-state index in [-0.39, 0.29) is 17.0 Å². The second kappa shape index (κ2) is 9.83. The molecule has 0 spiro atoms. The number of aromatic nitrogens is 2. The summed E-state index contributed by atoms with van der Waals surface area (Å²) in [7, 11) is 1.60. The van der Waals surface area contributed by atoms with Gasteiger partial charge in [-0.25, -0.2) is 4.68 Å². The Bertz CT molecular complexity index is 1380. The number of nitrogens with zero attached hydrogens (tertiary/aromatic N) is 4. The Balaban J connectivity index is 1.24. The lowest BCUT2D eigenvalue weighted by atomic mass is 9.91. The monoisotopic (exact) mass is 527 g/mol. The van der Waals surface area contributed by atoms with Gasteiger partial charge in [0.15, 0.2) is 5.69 Å². The number of benzene rings is 2. The molecular weight excluding hydrogens is 490 g/mol. The number of nitrogens with two attached hydrogens (primary N) is 1. The molecule has 39 heavy (non-hydrogen) atoms. The first kappa shape index (κ1) is 25.6. The zero-order valence-electron chi connectivity index (χ0n) is 23.0. The minimum absolute atomic E-state index is 0.154. The van der Waals surface area contributed by atoms with Crippen LogP contribution in [0.4, 0.5) is 5.69 Å². The highest BCUT2D eigenvalue weighted by Gasteiger charge is 2.45. The summed E-state index contributed by atoms with van der Waals surface area (Å²) in [5.74, 6) is -0.115. The Kier molecular flexibility index (Phi) is 6.46. The molecule has 6 rings (SSSR count). The van der Waals surface area contributed by atoms with E-state index in [2.05, 4.69) is 48.1 Å². The van der Waals surface area contributed by atoms with E-state index < -0.39 is 5.91 Å². The number of anilines is 1. The second-order valence-corrected chi connectivity index (χ2v) is 11.4. The van der Waals surface area contributed by atoms with E-state index in [0.29, 0.717) is 47.7 Å². The molecule has 8 heteroatoms. The van der Waals surface area contributed by atoms with Crippen molar-refractivity contribution in [1.29, 1.82) is 0 Å². The first-order valence-electron chi connectivity index (χ1n) is 14.1. The van der Waals surface area contributed by atoms with E-state index in [9.17, 15) is 9.59 Å². The van der Waals surface area contributed by atoms with Crippen LogP contribution in [0.15, 0.2) is 48.5 Å². The summed E-state index contributed by atoms with van der Waals surface area (Å²) in [4.78, 5) is 30.5. The maximum absolute atomic E-state index is 13.9. The van der Waals surface area contributed by atoms with Gasteiger partial charge >= 0.3 is 0 Å². The molecule has 1 aliphatic carbocycles. The fraction of sp³-hybridized carbons (Fsp3) is 0.452. The Morgan fingerprint density at radius 3 is 2.26 bits per heavy atom. The lowest BCUT2D eigenvalue weighted by molar-refractivity contribution is 0.0972. The van der Waals surface area contributed by atoms with Crippen molar-refractivity contribution in [2.24, 2.45) is 5.73 Å². The highest BCUT2D eigenvalue weighted by atomic mass is 16.5. The molecule has 8 nitrogen and oxygen atoms in total. The number of amides is 2. The molecule has 204 valence electrons. The van der Waals surface area contributed by atoms with Crippen LogP contribution in [0.3, 0.4) is 0 Å². The van der Waals surface area contributed by atoms with Crippen LogP contribution in [0.25, 0.3) is 5.69 Å². The molecule has 2 aliphatic heterocycles. The molecule has 2 N–H and O–H groups in total. The molecule has 3 aromatic rings. The van der Waals surface area contributed by atoms with Gasteiger partial charge in [-0.15, -0.1) is 0 Å². The summed E-state index contributed by atoms with van der Waals surface area (Å²) >= 11 is 0. The number of hydrogen-bond donors (Lipinski definition) is 1. The summed E-state index contributed by atoms with van der Waals surface area (Å²) in [5, 5.41) is 4.46.